The van der Waals surface area contributed by atoms with Crippen molar-refractivity contribution in [2.45, 2.75) is 17.5 Å². The minimum absolute atomic E-state index is 0.215. The Balaban J connectivity index is 1.56. The quantitative estimate of drug-likeness (QED) is 0.484. The number of nitrogens with zero attached hydrogens (tertiary/aromatic N) is 3. The number of anilines is 1. The van der Waals surface area contributed by atoms with Crippen LogP contribution in [-0.2, 0) is 9.84 Å². The fourth-order valence-electron chi connectivity index (χ4n) is 3.80. The molecule has 1 atom stereocenters. The predicted octanol–water partition coefficient (Wildman–Crippen LogP) is 4.37. The summed E-state index contributed by atoms with van der Waals surface area (Å²) in [5.41, 5.74) is 2.95. The van der Waals surface area contributed by atoms with Gasteiger partial charge in [0.2, 0.25) is 0 Å². The lowest BCUT2D eigenvalue weighted by Gasteiger charge is -2.21. The van der Waals surface area contributed by atoms with Crippen LogP contribution in [0.4, 0.5) is 10.1 Å². The van der Waals surface area contributed by atoms with E-state index in [1.165, 1.54) is 12.1 Å². The molecule has 2 aromatic carbocycles. The molecule has 1 saturated heterocycles. The van der Waals surface area contributed by atoms with Crippen LogP contribution in [0.1, 0.15) is 6.42 Å². The van der Waals surface area contributed by atoms with Crippen LogP contribution < -0.4 is 9.64 Å². The first-order valence-electron chi connectivity index (χ1n) is 10.2. The highest BCUT2D eigenvalue weighted by Gasteiger charge is 2.25. The summed E-state index contributed by atoms with van der Waals surface area (Å²) in [6.45, 7) is 0.868. The molecular weight excluding hydrogens is 431 g/mol. The van der Waals surface area contributed by atoms with Crippen molar-refractivity contribution in [3.05, 3.63) is 60.8 Å². The molecule has 7 nitrogen and oxygen atoms in total. The number of pyridine rings is 1. The van der Waals surface area contributed by atoms with E-state index in [1.54, 1.807) is 18.3 Å². The highest BCUT2D eigenvalue weighted by atomic mass is 32.2. The van der Waals surface area contributed by atoms with E-state index in [0.29, 0.717) is 41.5 Å². The molecule has 1 fully saturated rings. The van der Waals surface area contributed by atoms with Gasteiger partial charge in [0.25, 0.3) is 0 Å². The number of ether oxygens (including phenoxy) is 1. The third-order valence-electron chi connectivity index (χ3n) is 5.42. The number of sulfone groups is 1. The van der Waals surface area contributed by atoms with Crippen LogP contribution in [0.5, 0.6) is 11.5 Å². The molecule has 2 aromatic heterocycles. The Hall–Kier alpha value is -3.46. The minimum Gasteiger partial charge on any atom is -0.455 e. The summed E-state index contributed by atoms with van der Waals surface area (Å²) in [5.74, 6) is 1.64. The van der Waals surface area contributed by atoms with Gasteiger partial charge in [0, 0.05) is 31.6 Å². The molecule has 4 aromatic rings. The molecule has 0 amide bonds. The monoisotopic (exact) mass is 452 g/mol. The van der Waals surface area contributed by atoms with Crippen molar-refractivity contribution in [2.75, 3.05) is 24.2 Å². The van der Waals surface area contributed by atoms with Crippen molar-refractivity contribution in [3.8, 4) is 23.0 Å². The molecule has 0 spiro atoms. The molecule has 3 heterocycles. The molecule has 1 aliphatic rings. The molecule has 5 rings (SSSR count). The van der Waals surface area contributed by atoms with E-state index < -0.39 is 16.0 Å². The topological polar surface area (TPSA) is 88.2 Å². The van der Waals surface area contributed by atoms with Gasteiger partial charge in [-0.2, -0.15) is 0 Å². The second-order valence-electron chi connectivity index (χ2n) is 7.82. The Bertz CT molecular complexity index is 1370. The molecule has 1 aliphatic heterocycles. The number of nitrogens with one attached hydrogen (secondary N) is 1. The van der Waals surface area contributed by atoms with E-state index in [2.05, 4.69) is 15.0 Å². The second-order valence-corrected chi connectivity index (χ2v) is 9.83. The van der Waals surface area contributed by atoms with E-state index in [9.17, 15) is 12.8 Å². The molecular formula is C23H21FN4O3S. The largest absolute Gasteiger partial charge is 0.455 e. The first kappa shape index (κ1) is 20.4. The van der Waals surface area contributed by atoms with Gasteiger partial charge in [0.1, 0.15) is 17.6 Å². The van der Waals surface area contributed by atoms with Gasteiger partial charge in [-0.25, -0.2) is 17.8 Å². The number of alkyl halides is 1. The Kier molecular flexibility index (Phi) is 5.05. The third-order valence-corrected chi connectivity index (χ3v) is 6.55. The number of H-pyrrole nitrogens is 1. The van der Waals surface area contributed by atoms with Crippen LogP contribution in [0.3, 0.4) is 0 Å². The predicted molar refractivity (Wildman–Crippen MR) is 121 cm³/mol. The van der Waals surface area contributed by atoms with Gasteiger partial charge in [-0.05, 0) is 48.9 Å². The standard InChI is InChI=1S/C23H21FN4O3S/c1-32(29,30)17-7-5-16(6-8-17)31-22-13-20-19(12-21(22)28-11-9-15(24)14-28)26-23(27-20)18-4-2-3-10-25-18/h2-8,10,12-13,15H,9,11,14H2,1H3,(H,26,27)/t15-/m1/s1. The van der Waals surface area contributed by atoms with Crippen LogP contribution in [-0.4, -0.2) is 48.9 Å². The van der Waals surface area contributed by atoms with E-state index in [-0.39, 0.29) is 11.4 Å². The maximum Gasteiger partial charge on any atom is 0.175 e. The minimum atomic E-state index is -3.30. The van der Waals surface area contributed by atoms with Gasteiger partial charge in [-0.3, -0.25) is 4.98 Å². The van der Waals surface area contributed by atoms with Crippen molar-refractivity contribution in [1.29, 1.82) is 0 Å². The highest BCUT2D eigenvalue weighted by Crippen LogP contribution is 2.38. The molecule has 0 radical (unpaired) electrons. The summed E-state index contributed by atoms with van der Waals surface area (Å²) in [6, 6.07) is 15.5. The van der Waals surface area contributed by atoms with Crippen molar-refractivity contribution in [3.63, 3.8) is 0 Å². The van der Waals surface area contributed by atoms with E-state index in [4.69, 9.17) is 4.74 Å². The zero-order valence-electron chi connectivity index (χ0n) is 17.3. The van der Waals surface area contributed by atoms with Gasteiger partial charge < -0.3 is 14.6 Å². The lowest BCUT2D eigenvalue weighted by atomic mass is 10.2. The number of aromatic nitrogens is 3. The van der Waals surface area contributed by atoms with Crippen LogP contribution >= 0.6 is 0 Å². The summed E-state index contributed by atoms with van der Waals surface area (Å²) < 4.78 is 43.5. The first-order chi connectivity index (χ1) is 15.4. The normalized spacial score (nSPS) is 16.6. The average molecular weight is 453 g/mol. The first-order valence-corrected chi connectivity index (χ1v) is 12.1. The Morgan fingerprint density at radius 2 is 1.97 bits per heavy atom. The number of fused-ring (bicyclic) bond motifs is 1. The van der Waals surface area contributed by atoms with Crippen molar-refractivity contribution < 1.29 is 17.5 Å². The molecule has 0 aliphatic carbocycles. The summed E-state index contributed by atoms with van der Waals surface area (Å²) in [4.78, 5) is 14.4. The van der Waals surface area contributed by atoms with E-state index in [0.717, 1.165) is 17.5 Å². The van der Waals surface area contributed by atoms with Gasteiger partial charge in [-0.15, -0.1) is 0 Å². The molecule has 164 valence electrons. The van der Waals surface area contributed by atoms with E-state index in [1.807, 2.05) is 35.2 Å². The fourth-order valence-corrected chi connectivity index (χ4v) is 4.43. The number of imidazole rings is 1. The van der Waals surface area contributed by atoms with Crippen LogP contribution in [0, 0.1) is 0 Å². The molecule has 0 unspecified atom stereocenters. The number of aromatic amines is 1. The van der Waals surface area contributed by atoms with Crippen LogP contribution in [0.15, 0.2) is 65.7 Å². The summed E-state index contributed by atoms with van der Waals surface area (Å²) in [7, 11) is -3.30. The fraction of sp³-hybridized carbons (Fsp3) is 0.217. The van der Waals surface area contributed by atoms with Gasteiger partial charge in [0.15, 0.2) is 21.4 Å². The number of hydrogen-bond donors (Lipinski definition) is 1. The smallest absolute Gasteiger partial charge is 0.175 e. The average Bonchev–Trinajstić information content (AvgIpc) is 3.39. The zero-order chi connectivity index (χ0) is 22.3. The summed E-state index contributed by atoms with van der Waals surface area (Å²) >= 11 is 0. The number of hydrogen-bond acceptors (Lipinski definition) is 6. The van der Waals surface area contributed by atoms with Crippen LogP contribution in [0.2, 0.25) is 0 Å². The van der Waals surface area contributed by atoms with Gasteiger partial charge >= 0.3 is 0 Å². The van der Waals surface area contributed by atoms with Crippen molar-refractivity contribution in [1.82, 2.24) is 15.0 Å². The maximum atomic E-state index is 13.9. The van der Waals surface area contributed by atoms with E-state index >= 15 is 0 Å². The SMILES string of the molecule is CS(=O)(=O)c1ccc(Oc2cc3nc(-c4ccccn4)[nH]c3cc2N2CC[C@@H](F)C2)cc1. The number of halogens is 1. The molecule has 1 N–H and O–H groups in total. The van der Waals surface area contributed by atoms with Gasteiger partial charge in [0.05, 0.1) is 21.6 Å². The summed E-state index contributed by atoms with van der Waals surface area (Å²) in [5, 5.41) is 0. The summed E-state index contributed by atoms with van der Waals surface area (Å²) in [6.07, 6.45) is 2.43. The highest BCUT2D eigenvalue weighted by molar-refractivity contribution is 7.90. The van der Waals surface area contributed by atoms with Gasteiger partial charge in [-0.1, -0.05) is 6.07 Å². The van der Waals surface area contributed by atoms with Crippen LogP contribution in [0.25, 0.3) is 22.6 Å². The molecule has 32 heavy (non-hydrogen) atoms. The lowest BCUT2D eigenvalue weighted by Crippen LogP contribution is -2.20. The number of benzene rings is 2. The molecule has 9 heteroatoms. The maximum absolute atomic E-state index is 13.9. The second kappa shape index (κ2) is 7.90. The Morgan fingerprint density at radius 3 is 2.62 bits per heavy atom. The Morgan fingerprint density at radius 1 is 1.16 bits per heavy atom. The third kappa shape index (κ3) is 4.03. The van der Waals surface area contributed by atoms with Crippen molar-refractivity contribution in [2.24, 2.45) is 0 Å². The molecule has 0 bridgehead atoms. The zero-order valence-corrected chi connectivity index (χ0v) is 18.1. The number of rotatable bonds is 5. The Labute approximate surface area is 184 Å². The van der Waals surface area contributed by atoms with Crippen molar-refractivity contribution >= 4 is 26.6 Å². The lowest BCUT2D eigenvalue weighted by molar-refractivity contribution is 0.364. The molecule has 0 saturated carbocycles.